The summed E-state index contributed by atoms with van der Waals surface area (Å²) in [6, 6.07) is 13.8. The van der Waals surface area contributed by atoms with Crippen LogP contribution in [0.15, 0.2) is 70.8 Å². The number of aliphatic carboxylic acids is 1. The van der Waals surface area contributed by atoms with Crippen molar-refractivity contribution in [2.45, 2.75) is 25.3 Å². The molecule has 3 aromatic rings. The maximum Gasteiger partial charge on any atom is 0.341 e. The third-order valence-corrected chi connectivity index (χ3v) is 5.35. The summed E-state index contributed by atoms with van der Waals surface area (Å²) in [6.45, 7) is 1.32. The summed E-state index contributed by atoms with van der Waals surface area (Å²) >= 11 is 0. The molecule has 32 heavy (non-hydrogen) atoms. The molecule has 1 heterocycles. The number of pyridine rings is 1. The zero-order valence-electron chi connectivity index (χ0n) is 17.7. The molecule has 0 aliphatic rings. The summed E-state index contributed by atoms with van der Waals surface area (Å²) in [6.07, 6.45) is 1.74. The third-order valence-electron chi connectivity index (χ3n) is 5.35. The van der Waals surface area contributed by atoms with Gasteiger partial charge in [-0.15, -0.1) is 0 Å². The fourth-order valence-corrected chi connectivity index (χ4v) is 3.70. The number of benzene rings is 2. The SMILES string of the molecule is Cc1ccccc1C(CC(N=O)c1ccc(=O)n(C)c1)c1ccc(OCC(=O)O)cc1F. The van der Waals surface area contributed by atoms with Gasteiger partial charge in [0.15, 0.2) is 6.61 Å². The van der Waals surface area contributed by atoms with Crippen molar-refractivity contribution in [2.75, 3.05) is 6.61 Å². The van der Waals surface area contributed by atoms with E-state index in [1.807, 2.05) is 31.2 Å². The highest BCUT2D eigenvalue weighted by atomic mass is 19.1. The van der Waals surface area contributed by atoms with Crippen LogP contribution in [0, 0.1) is 17.6 Å². The fraction of sp³-hybridized carbons (Fsp3) is 0.250. The summed E-state index contributed by atoms with van der Waals surface area (Å²) in [5.41, 5.74) is 2.44. The van der Waals surface area contributed by atoms with Crippen molar-refractivity contribution < 1.29 is 19.0 Å². The van der Waals surface area contributed by atoms with Crippen LogP contribution in [0.5, 0.6) is 5.75 Å². The van der Waals surface area contributed by atoms with Crippen LogP contribution in [-0.4, -0.2) is 22.2 Å². The van der Waals surface area contributed by atoms with Gasteiger partial charge in [-0.05, 0) is 47.7 Å². The zero-order valence-corrected chi connectivity index (χ0v) is 17.7. The van der Waals surface area contributed by atoms with Crippen molar-refractivity contribution in [3.8, 4) is 5.75 Å². The quantitative estimate of drug-likeness (QED) is 0.502. The maximum absolute atomic E-state index is 15.1. The van der Waals surface area contributed by atoms with Crippen LogP contribution >= 0.6 is 0 Å². The second-order valence-corrected chi connectivity index (χ2v) is 7.54. The number of nitroso groups, excluding NO2 is 1. The van der Waals surface area contributed by atoms with Crippen molar-refractivity contribution >= 4 is 5.97 Å². The fourth-order valence-electron chi connectivity index (χ4n) is 3.70. The number of halogens is 1. The Kier molecular flexibility index (Phi) is 7.14. The number of ether oxygens (including phenoxy) is 1. The van der Waals surface area contributed by atoms with E-state index in [1.54, 1.807) is 19.3 Å². The average molecular weight is 438 g/mol. The van der Waals surface area contributed by atoms with Gasteiger partial charge in [-0.2, -0.15) is 4.91 Å². The molecule has 2 atom stereocenters. The van der Waals surface area contributed by atoms with E-state index in [0.29, 0.717) is 11.1 Å². The van der Waals surface area contributed by atoms with Gasteiger partial charge in [0.2, 0.25) is 5.56 Å². The van der Waals surface area contributed by atoms with Crippen LogP contribution in [0.4, 0.5) is 4.39 Å². The molecule has 1 aromatic heterocycles. The lowest BCUT2D eigenvalue weighted by Crippen LogP contribution is -2.17. The van der Waals surface area contributed by atoms with Gasteiger partial charge in [0.1, 0.15) is 17.6 Å². The number of rotatable bonds is 9. The molecule has 7 nitrogen and oxygen atoms in total. The predicted octanol–water partition coefficient (Wildman–Crippen LogP) is 4.33. The van der Waals surface area contributed by atoms with Crippen molar-refractivity contribution in [2.24, 2.45) is 12.2 Å². The van der Waals surface area contributed by atoms with Crippen LogP contribution in [-0.2, 0) is 11.8 Å². The maximum atomic E-state index is 15.1. The van der Waals surface area contributed by atoms with Crippen molar-refractivity contribution in [1.29, 1.82) is 0 Å². The average Bonchev–Trinajstić information content (AvgIpc) is 2.76. The van der Waals surface area contributed by atoms with Gasteiger partial charge in [0, 0.05) is 31.3 Å². The van der Waals surface area contributed by atoms with Crippen LogP contribution in [0.2, 0.25) is 0 Å². The number of aryl methyl sites for hydroxylation is 2. The first-order valence-corrected chi connectivity index (χ1v) is 9.98. The first kappa shape index (κ1) is 22.9. The van der Waals surface area contributed by atoms with Crippen molar-refractivity contribution in [1.82, 2.24) is 4.57 Å². The van der Waals surface area contributed by atoms with Gasteiger partial charge in [-0.1, -0.05) is 35.5 Å². The van der Waals surface area contributed by atoms with E-state index in [0.717, 1.165) is 17.2 Å². The number of carboxylic acid groups (broad SMARTS) is 1. The lowest BCUT2D eigenvalue weighted by molar-refractivity contribution is -0.139. The molecule has 0 bridgehead atoms. The molecule has 0 saturated carbocycles. The van der Waals surface area contributed by atoms with E-state index in [1.165, 1.54) is 22.8 Å². The van der Waals surface area contributed by atoms with Gasteiger partial charge in [0.25, 0.3) is 0 Å². The topological polar surface area (TPSA) is 98.0 Å². The lowest BCUT2D eigenvalue weighted by atomic mass is 9.82. The van der Waals surface area contributed by atoms with E-state index in [4.69, 9.17) is 9.84 Å². The highest BCUT2D eigenvalue weighted by molar-refractivity contribution is 5.68. The molecule has 0 aliphatic heterocycles. The first-order chi connectivity index (χ1) is 15.3. The molecule has 0 aliphatic carbocycles. The Morgan fingerprint density at radius 1 is 1.16 bits per heavy atom. The van der Waals surface area contributed by atoms with Crippen molar-refractivity contribution in [3.63, 3.8) is 0 Å². The summed E-state index contributed by atoms with van der Waals surface area (Å²) in [7, 11) is 1.59. The van der Waals surface area contributed by atoms with Crippen LogP contribution in [0.25, 0.3) is 0 Å². The molecule has 0 saturated heterocycles. The van der Waals surface area contributed by atoms with E-state index in [-0.39, 0.29) is 17.7 Å². The minimum absolute atomic E-state index is 0.0975. The van der Waals surface area contributed by atoms with Crippen LogP contribution in [0.3, 0.4) is 0 Å². The van der Waals surface area contributed by atoms with Gasteiger partial charge in [-0.3, -0.25) is 4.79 Å². The number of nitrogens with zero attached hydrogens (tertiary/aromatic N) is 2. The van der Waals surface area contributed by atoms with Gasteiger partial charge in [-0.25, -0.2) is 9.18 Å². The smallest absolute Gasteiger partial charge is 0.341 e. The number of hydrogen-bond acceptors (Lipinski definition) is 5. The molecule has 0 radical (unpaired) electrons. The molecule has 8 heteroatoms. The Morgan fingerprint density at radius 3 is 2.53 bits per heavy atom. The molecule has 0 fully saturated rings. The standard InChI is InChI=1S/C24H23FN2O5/c1-15-5-3-4-6-18(15)20(12-22(26-31)16-7-10-23(28)27(2)13-16)19-9-8-17(11-21(19)25)32-14-24(29)30/h3-11,13,20,22H,12,14H2,1-2H3,(H,29,30). The molecule has 0 amide bonds. The monoisotopic (exact) mass is 438 g/mol. The number of carbonyl (C=O) groups is 1. The van der Waals surface area contributed by atoms with E-state index in [2.05, 4.69) is 5.18 Å². The largest absolute Gasteiger partial charge is 0.482 e. The molecular weight excluding hydrogens is 415 g/mol. The Hall–Kier alpha value is -3.81. The van der Waals surface area contributed by atoms with Gasteiger partial charge < -0.3 is 14.4 Å². The Bertz CT molecular complexity index is 1190. The zero-order chi connectivity index (χ0) is 23.3. The summed E-state index contributed by atoms with van der Waals surface area (Å²) < 4.78 is 21.6. The highest BCUT2D eigenvalue weighted by Gasteiger charge is 2.26. The highest BCUT2D eigenvalue weighted by Crippen LogP contribution is 2.38. The normalized spacial score (nSPS) is 12.7. The summed E-state index contributed by atoms with van der Waals surface area (Å²) in [5.74, 6) is -2.15. The van der Waals surface area contributed by atoms with E-state index in [9.17, 15) is 14.5 Å². The number of carboxylic acids is 1. The second kappa shape index (κ2) is 10.00. The number of aromatic nitrogens is 1. The molecule has 3 rings (SSSR count). The molecule has 0 spiro atoms. The summed E-state index contributed by atoms with van der Waals surface area (Å²) in [5, 5.41) is 12.0. The van der Waals surface area contributed by atoms with Crippen molar-refractivity contribution in [3.05, 3.63) is 104 Å². The predicted molar refractivity (Wildman–Crippen MR) is 117 cm³/mol. The Labute approximate surface area is 184 Å². The Balaban J connectivity index is 2.02. The second-order valence-electron chi connectivity index (χ2n) is 7.54. The van der Waals surface area contributed by atoms with E-state index < -0.39 is 30.4 Å². The first-order valence-electron chi connectivity index (χ1n) is 9.98. The minimum atomic E-state index is -1.16. The summed E-state index contributed by atoms with van der Waals surface area (Å²) in [4.78, 5) is 34.2. The number of hydrogen-bond donors (Lipinski definition) is 1. The molecular formula is C24H23FN2O5. The van der Waals surface area contributed by atoms with Crippen LogP contribution in [0.1, 0.15) is 40.6 Å². The molecule has 166 valence electrons. The molecule has 2 aromatic carbocycles. The van der Waals surface area contributed by atoms with E-state index >= 15 is 4.39 Å². The van der Waals surface area contributed by atoms with Crippen LogP contribution < -0.4 is 10.3 Å². The minimum Gasteiger partial charge on any atom is -0.482 e. The third kappa shape index (κ3) is 5.26. The molecule has 2 unspecified atom stereocenters. The Morgan fingerprint density at radius 2 is 1.91 bits per heavy atom. The van der Waals surface area contributed by atoms with Gasteiger partial charge in [0.05, 0.1) is 0 Å². The molecule has 1 N–H and O–H groups in total. The van der Waals surface area contributed by atoms with Gasteiger partial charge >= 0.3 is 5.97 Å². The lowest BCUT2D eigenvalue weighted by Gasteiger charge is -2.23.